The number of carbonyl (C=O) groups excluding carboxylic acids is 2. The van der Waals surface area contributed by atoms with Crippen LogP contribution in [0.25, 0.3) is 0 Å². The highest BCUT2D eigenvalue weighted by atomic mass is 35.5. The smallest absolute Gasteiger partial charge is 0.325 e. The molecule has 1 aliphatic rings. The molecule has 0 atom stereocenters. The largest absolute Gasteiger partial charge is 0.350 e. The Morgan fingerprint density at radius 2 is 1.84 bits per heavy atom. The predicted molar refractivity (Wildman–Crippen MR) is 94.0 cm³/mol. The summed E-state index contributed by atoms with van der Waals surface area (Å²) in [6, 6.07) is 12.9. The van der Waals surface area contributed by atoms with Gasteiger partial charge in [-0.1, -0.05) is 41.9 Å². The minimum absolute atomic E-state index is 0.0752. The van der Waals surface area contributed by atoms with E-state index in [-0.39, 0.29) is 30.7 Å². The Kier molecular flexibility index (Phi) is 5.19. The van der Waals surface area contributed by atoms with Gasteiger partial charge in [-0.3, -0.25) is 9.69 Å². The molecule has 7 heteroatoms. The fourth-order valence-electron chi connectivity index (χ4n) is 2.69. The monoisotopic (exact) mass is 361 g/mol. The maximum absolute atomic E-state index is 13.8. The number of anilines is 1. The molecule has 0 saturated carbocycles. The van der Waals surface area contributed by atoms with Crippen molar-refractivity contribution in [3.63, 3.8) is 0 Å². The number of nitrogens with one attached hydrogen (secondary N) is 1. The molecule has 0 bridgehead atoms. The molecule has 0 spiro atoms. The van der Waals surface area contributed by atoms with E-state index in [0.717, 1.165) is 5.56 Å². The standard InChI is InChI=1S/C18H17ClFN3O2/c19-14-6-2-1-5-13(14)11-21-17(24)12-22-9-10-23(18(22)25)16-8-4-3-7-15(16)20/h1-8H,9-12H2,(H,21,24). The third-order valence-corrected chi connectivity index (χ3v) is 4.38. The van der Waals surface area contributed by atoms with Crippen LogP contribution in [-0.2, 0) is 11.3 Å². The molecule has 1 fully saturated rings. The molecular weight excluding hydrogens is 345 g/mol. The normalized spacial score (nSPS) is 14.1. The van der Waals surface area contributed by atoms with Gasteiger partial charge in [-0.05, 0) is 23.8 Å². The van der Waals surface area contributed by atoms with Gasteiger partial charge in [0.2, 0.25) is 5.91 Å². The molecule has 2 aromatic rings. The minimum atomic E-state index is -0.458. The van der Waals surface area contributed by atoms with Crippen molar-refractivity contribution >= 4 is 29.2 Å². The van der Waals surface area contributed by atoms with Gasteiger partial charge in [0.15, 0.2) is 0 Å². The molecule has 0 aromatic heterocycles. The molecule has 1 saturated heterocycles. The van der Waals surface area contributed by atoms with Crippen molar-refractivity contribution in [1.29, 1.82) is 0 Å². The molecule has 3 amide bonds. The molecule has 5 nitrogen and oxygen atoms in total. The number of hydrogen-bond acceptors (Lipinski definition) is 2. The first-order valence-electron chi connectivity index (χ1n) is 7.87. The highest BCUT2D eigenvalue weighted by Crippen LogP contribution is 2.23. The van der Waals surface area contributed by atoms with E-state index >= 15 is 0 Å². The van der Waals surface area contributed by atoms with E-state index in [1.807, 2.05) is 18.2 Å². The van der Waals surface area contributed by atoms with Gasteiger partial charge in [0.1, 0.15) is 12.4 Å². The van der Waals surface area contributed by atoms with Crippen LogP contribution >= 0.6 is 11.6 Å². The topological polar surface area (TPSA) is 52.7 Å². The van der Waals surface area contributed by atoms with Crippen LogP contribution in [0.4, 0.5) is 14.9 Å². The number of amides is 3. The highest BCUT2D eigenvalue weighted by molar-refractivity contribution is 6.31. The summed E-state index contributed by atoms with van der Waals surface area (Å²) in [4.78, 5) is 27.2. The average molecular weight is 362 g/mol. The number of hydrogen-bond donors (Lipinski definition) is 1. The van der Waals surface area contributed by atoms with Crippen LogP contribution in [0, 0.1) is 5.82 Å². The van der Waals surface area contributed by atoms with Crippen LogP contribution in [0.15, 0.2) is 48.5 Å². The summed E-state index contributed by atoms with van der Waals surface area (Å²) in [6.07, 6.45) is 0. The average Bonchev–Trinajstić information content (AvgIpc) is 2.95. The Balaban J connectivity index is 1.57. The number of rotatable bonds is 5. The molecule has 130 valence electrons. The maximum Gasteiger partial charge on any atom is 0.325 e. The SMILES string of the molecule is O=C(CN1CCN(c2ccccc2F)C1=O)NCc1ccccc1Cl. The molecule has 0 radical (unpaired) electrons. The molecule has 0 aliphatic carbocycles. The quantitative estimate of drug-likeness (QED) is 0.890. The van der Waals surface area contributed by atoms with Crippen molar-refractivity contribution in [3.05, 3.63) is 64.9 Å². The Hall–Kier alpha value is -2.60. The summed E-state index contributed by atoms with van der Waals surface area (Å²) >= 11 is 6.04. The van der Waals surface area contributed by atoms with Gasteiger partial charge in [-0.25, -0.2) is 9.18 Å². The van der Waals surface area contributed by atoms with Crippen LogP contribution < -0.4 is 10.2 Å². The zero-order chi connectivity index (χ0) is 17.8. The number of nitrogens with zero attached hydrogens (tertiary/aromatic N) is 2. The first kappa shape index (κ1) is 17.2. The molecule has 2 aromatic carbocycles. The van der Waals surface area contributed by atoms with Crippen LogP contribution in [-0.4, -0.2) is 36.5 Å². The van der Waals surface area contributed by atoms with E-state index in [9.17, 15) is 14.0 Å². The lowest BCUT2D eigenvalue weighted by Crippen LogP contribution is -2.39. The summed E-state index contributed by atoms with van der Waals surface area (Å²) in [6.45, 7) is 0.927. The second-order valence-electron chi connectivity index (χ2n) is 5.68. The fraction of sp³-hybridized carbons (Fsp3) is 0.222. The summed E-state index contributed by atoms with van der Waals surface area (Å²) in [5.74, 6) is -0.746. The van der Waals surface area contributed by atoms with E-state index < -0.39 is 5.82 Å². The summed E-state index contributed by atoms with van der Waals surface area (Å²) in [7, 11) is 0. The van der Waals surface area contributed by atoms with Crippen molar-refractivity contribution in [1.82, 2.24) is 10.2 Å². The summed E-state index contributed by atoms with van der Waals surface area (Å²) in [5, 5.41) is 3.32. The van der Waals surface area contributed by atoms with E-state index in [1.54, 1.807) is 24.3 Å². The first-order valence-corrected chi connectivity index (χ1v) is 8.25. The van der Waals surface area contributed by atoms with Gasteiger partial charge in [-0.15, -0.1) is 0 Å². The third-order valence-electron chi connectivity index (χ3n) is 4.01. The van der Waals surface area contributed by atoms with Crippen molar-refractivity contribution in [3.8, 4) is 0 Å². The van der Waals surface area contributed by atoms with Gasteiger partial charge >= 0.3 is 6.03 Å². The Labute approximate surface area is 150 Å². The van der Waals surface area contributed by atoms with Crippen LogP contribution in [0.5, 0.6) is 0 Å². The Bertz CT molecular complexity index is 799. The molecule has 1 aliphatic heterocycles. The van der Waals surface area contributed by atoms with Crippen LogP contribution in [0.1, 0.15) is 5.56 Å². The Morgan fingerprint density at radius 3 is 2.60 bits per heavy atom. The van der Waals surface area contributed by atoms with E-state index in [1.165, 1.54) is 15.9 Å². The van der Waals surface area contributed by atoms with E-state index in [0.29, 0.717) is 18.1 Å². The van der Waals surface area contributed by atoms with Gasteiger partial charge in [-0.2, -0.15) is 0 Å². The predicted octanol–water partition coefficient (Wildman–Crippen LogP) is 3.04. The number of para-hydroxylation sites is 1. The van der Waals surface area contributed by atoms with Crippen LogP contribution in [0.2, 0.25) is 5.02 Å². The van der Waals surface area contributed by atoms with Gasteiger partial charge < -0.3 is 10.2 Å². The maximum atomic E-state index is 13.8. The fourth-order valence-corrected chi connectivity index (χ4v) is 2.89. The summed E-state index contributed by atoms with van der Waals surface area (Å²) < 4.78 is 13.8. The molecule has 3 rings (SSSR count). The van der Waals surface area contributed by atoms with Gasteiger partial charge in [0.05, 0.1) is 5.69 Å². The van der Waals surface area contributed by atoms with E-state index in [2.05, 4.69) is 5.32 Å². The lowest BCUT2D eigenvalue weighted by molar-refractivity contribution is -0.121. The van der Waals surface area contributed by atoms with Crippen LogP contribution in [0.3, 0.4) is 0 Å². The number of urea groups is 1. The zero-order valence-electron chi connectivity index (χ0n) is 13.4. The van der Waals surface area contributed by atoms with Crippen molar-refractivity contribution in [2.45, 2.75) is 6.54 Å². The first-order chi connectivity index (χ1) is 12.1. The lowest BCUT2D eigenvalue weighted by Gasteiger charge is -2.19. The number of halogens is 2. The summed E-state index contributed by atoms with van der Waals surface area (Å²) in [5.41, 5.74) is 1.03. The second kappa shape index (κ2) is 7.53. The van der Waals surface area contributed by atoms with Crippen molar-refractivity contribution < 1.29 is 14.0 Å². The molecule has 1 heterocycles. The number of benzene rings is 2. The van der Waals surface area contributed by atoms with E-state index in [4.69, 9.17) is 11.6 Å². The second-order valence-corrected chi connectivity index (χ2v) is 6.08. The van der Waals surface area contributed by atoms with Gasteiger partial charge in [0.25, 0.3) is 0 Å². The molecular formula is C18H17ClFN3O2. The third kappa shape index (κ3) is 3.91. The van der Waals surface area contributed by atoms with Crippen molar-refractivity contribution in [2.24, 2.45) is 0 Å². The lowest BCUT2D eigenvalue weighted by atomic mass is 10.2. The molecule has 1 N–H and O–H groups in total. The molecule has 0 unspecified atom stereocenters. The highest BCUT2D eigenvalue weighted by Gasteiger charge is 2.32. The minimum Gasteiger partial charge on any atom is -0.350 e. The van der Waals surface area contributed by atoms with Gasteiger partial charge in [0, 0.05) is 24.7 Å². The number of carbonyl (C=O) groups is 2. The molecule has 25 heavy (non-hydrogen) atoms. The zero-order valence-corrected chi connectivity index (χ0v) is 14.2. The van der Waals surface area contributed by atoms with Crippen molar-refractivity contribution in [2.75, 3.05) is 24.5 Å². The Morgan fingerprint density at radius 1 is 1.12 bits per heavy atom.